The van der Waals surface area contributed by atoms with Gasteiger partial charge >= 0.3 is 12.4 Å². The van der Waals surface area contributed by atoms with Crippen molar-refractivity contribution < 1.29 is 35.9 Å². The van der Waals surface area contributed by atoms with E-state index in [0.717, 1.165) is 12.1 Å². The highest BCUT2D eigenvalue weighted by Gasteiger charge is 2.39. The van der Waals surface area contributed by atoms with E-state index in [9.17, 15) is 31.1 Å². The molecule has 2 aliphatic rings. The molecule has 2 aromatic rings. The minimum Gasteiger partial charge on any atom is -0.491 e. The minimum atomic E-state index is -4.45. The van der Waals surface area contributed by atoms with Crippen LogP contribution in [0.25, 0.3) is 11.1 Å². The molecule has 0 bridgehead atoms. The van der Waals surface area contributed by atoms with Crippen LogP contribution in [0.5, 0.6) is 5.75 Å². The maximum Gasteiger partial charge on any atom is 0.416 e. The van der Waals surface area contributed by atoms with Gasteiger partial charge in [-0.2, -0.15) is 26.3 Å². The van der Waals surface area contributed by atoms with Gasteiger partial charge < -0.3 is 9.64 Å². The molecule has 1 atom stereocenters. The molecule has 31 heavy (non-hydrogen) atoms. The van der Waals surface area contributed by atoms with Crippen molar-refractivity contribution in [3.05, 3.63) is 53.6 Å². The average Bonchev–Trinajstić information content (AvgIpc) is 2.83. The van der Waals surface area contributed by atoms with E-state index in [0.29, 0.717) is 16.9 Å². The summed E-state index contributed by atoms with van der Waals surface area (Å²) in [6.45, 7) is -0.711. The zero-order valence-corrected chi connectivity index (χ0v) is 16.1. The number of nitrogens with zero attached hydrogens (tertiary/aromatic N) is 2. The highest BCUT2D eigenvalue weighted by atomic mass is 19.4. The van der Waals surface area contributed by atoms with E-state index < -0.39 is 30.5 Å². The molecule has 2 aliphatic heterocycles. The lowest BCUT2D eigenvalue weighted by Gasteiger charge is -2.40. The van der Waals surface area contributed by atoms with Crippen LogP contribution in [0.1, 0.15) is 15.9 Å². The van der Waals surface area contributed by atoms with Crippen LogP contribution in [0, 0.1) is 0 Å². The number of halogens is 6. The van der Waals surface area contributed by atoms with E-state index in [4.69, 9.17) is 4.74 Å². The number of alkyl halides is 6. The third-order valence-corrected chi connectivity index (χ3v) is 5.42. The van der Waals surface area contributed by atoms with Crippen LogP contribution < -0.4 is 4.74 Å². The van der Waals surface area contributed by atoms with Gasteiger partial charge in [-0.1, -0.05) is 18.2 Å². The van der Waals surface area contributed by atoms with Gasteiger partial charge in [-0.05, 0) is 35.4 Å². The molecule has 0 radical (unpaired) electrons. The first-order valence-electron chi connectivity index (χ1n) is 9.56. The predicted octanol–water partition coefficient (Wildman–Crippen LogP) is 4.45. The van der Waals surface area contributed by atoms with E-state index in [1.807, 2.05) is 0 Å². The van der Waals surface area contributed by atoms with Gasteiger partial charge in [-0.15, -0.1) is 0 Å². The van der Waals surface area contributed by atoms with E-state index in [1.165, 1.54) is 21.9 Å². The van der Waals surface area contributed by atoms with Gasteiger partial charge in [0.25, 0.3) is 5.91 Å². The topological polar surface area (TPSA) is 32.8 Å². The van der Waals surface area contributed by atoms with Gasteiger partial charge in [0, 0.05) is 19.6 Å². The summed E-state index contributed by atoms with van der Waals surface area (Å²) in [5.41, 5.74) is 0.507. The third-order valence-electron chi connectivity index (χ3n) is 5.42. The van der Waals surface area contributed by atoms with Gasteiger partial charge in [0.05, 0.1) is 23.7 Å². The Morgan fingerprint density at radius 1 is 0.935 bits per heavy atom. The summed E-state index contributed by atoms with van der Waals surface area (Å²) in [6, 6.07) is 8.80. The Morgan fingerprint density at radius 2 is 1.61 bits per heavy atom. The molecular weight excluding hydrogens is 426 g/mol. The molecule has 4 rings (SSSR count). The van der Waals surface area contributed by atoms with Crippen molar-refractivity contribution >= 4 is 5.91 Å². The van der Waals surface area contributed by atoms with Crippen molar-refractivity contribution in [2.75, 3.05) is 32.8 Å². The van der Waals surface area contributed by atoms with Crippen LogP contribution in [0.4, 0.5) is 26.3 Å². The molecular formula is C21H18F6N2O2. The molecule has 1 saturated heterocycles. The van der Waals surface area contributed by atoms with Gasteiger partial charge in [0.2, 0.25) is 0 Å². The molecule has 10 heteroatoms. The number of rotatable bonds is 2. The lowest BCUT2D eigenvalue weighted by Crippen LogP contribution is -2.57. The molecule has 0 spiro atoms. The lowest BCUT2D eigenvalue weighted by atomic mass is 10.00. The number of piperazine rings is 1. The Bertz CT molecular complexity index is 971. The fourth-order valence-electron chi connectivity index (χ4n) is 3.92. The smallest absolute Gasteiger partial charge is 0.416 e. The molecule has 4 nitrogen and oxygen atoms in total. The van der Waals surface area contributed by atoms with Crippen molar-refractivity contribution in [3.63, 3.8) is 0 Å². The Hall–Kier alpha value is -2.75. The van der Waals surface area contributed by atoms with Crippen molar-refractivity contribution in [2.45, 2.75) is 18.4 Å². The van der Waals surface area contributed by atoms with Gasteiger partial charge in [-0.3, -0.25) is 9.69 Å². The molecule has 0 N–H and O–H groups in total. The van der Waals surface area contributed by atoms with E-state index in [1.54, 1.807) is 18.2 Å². The summed E-state index contributed by atoms with van der Waals surface area (Å²) in [5, 5.41) is 0. The third kappa shape index (κ3) is 4.63. The Kier molecular flexibility index (Phi) is 5.36. The zero-order valence-electron chi connectivity index (χ0n) is 16.1. The highest BCUT2D eigenvalue weighted by Crippen LogP contribution is 2.34. The molecule has 0 saturated carbocycles. The second-order valence-corrected chi connectivity index (χ2v) is 7.60. The first-order valence-corrected chi connectivity index (χ1v) is 9.56. The SMILES string of the molecule is O=C1c2cc(-c3ccc(C(F)(F)F)cc3)ccc2OC[C@@H]2CN(CC(F)(F)F)CCN12. The first kappa shape index (κ1) is 21.5. The number of carbonyl (C=O) groups is 1. The molecule has 0 aliphatic carbocycles. The normalized spacial score (nSPS) is 20.0. The summed E-state index contributed by atoms with van der Waals surface area (Å²) in [7, 11) is 0. The number of benzene rings is 2. The summed E-state index contributed by atoms with van der Waals surface area (Å²) in [4.78, 5) is 15.8. The molecule has 1 fully saturated rings. The molecule has 0 aromatic heterocycles. The molecule has 2 aromatic carbocycles. The maximum absolute atomic E-state index is 13.1. The molecule has 166 valence electrons. The summed E-state index contributed by atoms with van der Waals surface area (Å²) >= 11 is 0. The van der Waals surface area contributed by atoms with Crippen LogP contribution in [0.15, 0.2) is 42.5 Å². The average molecular weight is 444 g/mol. The van der Waals surface area contributed by atoms with Crippen molar-refractivity contribution in [1.29, 1.82) is 0 Å². The number of carbonyl (C=O) groups excluding carboxylic acids is 1. The number of hydrogen-bond donors (Lipinski definition) is 0. The number of ether oxygens (including phenoxy) is 1. The van der Waals surface area contributed by atoms with Gasteiger partial charge in [-0.25, -0.2) is 0 Å². The van der Waals surface area contributed by atoms with Crippen molar-refractivity contribution in [3.8, 4) is 16.9 Å². The van der Waals surface area contributed by atoms with Crippen LogP contribution in [0.2, 0.25) is 0 Å². The monoisotopic (exact) mass is 444 g/mol. The van der Waals surface area contributed by atoms with E-state index in [-0.39, 0.29) is 37.7 Å². The van der Waals surface area contributed by atoms with E-state index >= 15 is 0 Å². The largest absolute Gasteiger partial charge is 0.491 e. The Labute approximate surface area is 174 Å². The van der Waals surface area contributed by atoms with Crippen LogP contribution in [-0.2, 0) is 6.18 Å². The quantitative estimate of drug-likeness (QED) is 0.642. The summed E-state index contributed by atoms with van der Waals surface area (Å²) in [6.07, 6.45) is -8.77. The Morgan fingerprint density at radius 3 is 2.26 bits per heavy atom. The summed E-state index contributed by atoms with van der Waals surface area (Å²) in [5.74, 6) is -0.0599. The fourth-order valence-corrected chi connectivity index (χ4v) is 3.92. The second-order valence-electron chi connectivity index (χ2n) is 7.60. The lowest BCUT2D eigenvalue weighted by molar-refractivity contribution is -0.151. The molecule has 1 amide bonds. The predicted molar refractivity (Wildman–Crippen MR) is 99.7 cm³/mol. The van der Waals surface area contributed by atoms with Crippen LogP contribution in [-0.4, -0.2) is 60.7 Å². The fraction of sp³-hybridized carbons (Fsp3) is 0.381. The first-order chi connectivity index (χ1) is 14.5. The maximum atomic E-state index is 13.1. The Balaban J connectivity index is 1.57. The van der Waals surface area contributed by atoms with Crippen molar-refractivity contribution in [1.82, 2.24) is 9.80 Å². The van der Waals surface area contributed by atoms with E-state index in [2.05, 4.69) is 0 Å². The van der Waals surface area contributed by atoms with Crippen molar-refractivity contribution in [2.24, 2.45) is 0 Å². The summed E-state index contributed by atoms with van der Waals surface area (Å²) < 4.78 is 82.2. The molecule has 0 unspecified atom stereocenters. The number of hydrogen-bond acceptors (Lipinski definition) is 3. The minimum absolute atomic E-state index is 0.0466. The number of amides is 1. The van der Waals surface area contributed by atoms with Crippen LogP contribution in [0.3, 0.4) is 0 Å². The number of fused-ring (bicyclic) bond motifs is 2. The van der Waals surface area contributed by atoms with Gasteiger partial charge in [0.15, 0.2) is 0 Å². The highest BCUT2D eigenvalue weighted by molar-refractivity contribution is 5.99. The van der Waals surface area contributed by atoms with Gasteiger partial charge in [0.1, 0.15) is 12.4 Å². The standard InChI is InChI=1S/C21H18F6N2O2/c22-20(23,24)12-28-7-8-29-16(10-28)11-31-18-6-3-14(9-17(18)19(29)30)13-1-4-15(5-2-13)21(25,26)27/h1-6,9,16H,7-8,10-12H2/t16-/m0/s1. The van der Waals surface area contributed by atoms with Crippen LogP contribution >= 0.6 is 0 Å². The second kappa shape index (κ2) is 7.74. The molecule has 2 heterocycles. The zero-order chi connectivity index (χ0) is 22.4.